The first-order valence-electron chi connectivity index (χ1n) is 35.9. The number of alkyl halides is 2. The van der Waals surface area contributed by atoms with E-state index in [2.05, 4.69) is 54.3 Å². The molecule has 650 valence electrons. The maximum Gasteiger partial charge on any atom is 0.342 e. The monoisotopic (exact) mass is 1780 g/mol. The molecule has 120 heavy (non-hydrogen) atoms. The molecule has 3 aliphatic rings. The Balaban J connectivity index is 0.000000468. The summed E-state index contributed by atoms with van der Waals surface area (Å²) < 4.78 is 138. The molecule has 0 saturated heterocycles. The van der Waals surface area contributed by atoms with Crippen LogP contribution in [0.5, 0.6) is 40.2 Å². The topological polar surface area (TPSA) is 288 Å². The van der Waals surface area contributed by atoms with Crippen molar-refractivity contribution in [1.29, 1.82) is 0 Å². The van der Waals surface area contributed by atoms with Crippen molar-refractivity contribution in [2.75, 3.05) is 32.3 Å². The molecule has 0 saturated carbocycles. The molecule has 0 fully saturated rings. The van der Waals surface area contributed by atoms with Crippen LogP contribution in [0.3, 0.4) is 0 Å². The predicted octanol–water partition coefficient (Wildman–Crippen LogP) is 22.0. The first-order chi connectivity index (χ1) is 55.5. The number of allylic oxidation sites excluding steroid dienone is 3. The summed E-state index contributed by atoms with van der Waals surface area (Å²) in [5.41, 5.74) is 7.57. The highest BCUT2D eigenvalue weighted by molar-refractivity contribution is 8.26. The Bertz CT molecular complexity index is 4880. The van der Waals surface area contributed by atoms with Crippen molar-refractivity contribution in [3.8, 4) is 40.2 Å². The van der Waals surface area contributed by atoms with Crippen LogP contribution in [-0.4, -0.2) is 114 Å². The molecule has 0 aliphatic carbocycles. The fraction of sp³-hybridized carbons (Fsp3) is 0.315. The number of fused-ring (bicyclic) bond motifs is 3. The number of carbonyl (C=O) groups excluding carboxylic acids is 3. The molecular weight excluding hydrogens is 1680 g/mol. The number of aliphatic hydroxyl groups is 1. The zero-order valence-corrected chi connectivity index (χ0v) is 72.6. The number of esters is 3. The second kappa shape index (κ2) is 49.2. The summed E-state index contributed by atoms with van der Waals surface area (Å²) in [6, 6.07) is 18.8. The summed E-state index contributed by atoms with van der Waals surface area (Å²) in [4.78, 5) is 56.4. The van der Waals surface area contributed by atoms with Gasteiger partial charge in [-0.3, -0.25) is 0 Å². The molecule has 6 N–H and O–H groups in total. The molecule has 19 nitrogen and oxygen atoms in total. The highest BCUT2D eigenvalue weighted by Gasteiger charge is 2.36. The van der Waals surface area contributed by atoms with Gasteiger partial charge in [-0.1, -0.05) is 55.7 Å². The Labute approximate surface area is 715 Å². The number of phenolic OH excluding ortho intramolecular Hbond substituents is 2. The normalized spacial score (nSPS) is 12.4. The van der Waals surface area contributed by atoms with Crippen molar-refractivity contribution < 1.29 is 123 Å². The average Bonchev–Trinajstić information content (AvgIpc) is 1.62. The number of benzene rings is 7. The SMILES string of the molecule is C=C(C)CCl.C=C(C)COC(=O)c1cc(F)cc(C=C(C)C)c1O.C=C(C)COC(=O)c1cc(F)ccc1OCC(=C)C.CC1(C)Cc2cc(F)cc(C(=O)O)c2O1.CC1(C)Cc2cc(F)cc(CCl)c2O1.CC1(C)Cc2cc(F)cc(CO)c2O1.O=C(O)c1cc(F)ccc1O.O=S(Cl)Cl.[CH+]=C(C)COC(=O)c1cc(F)cc(CC(=C)C)c1O. The molecule has 3 heterocycles. The van der Waals surface area contributed by atoms with Gasteiger partial charge in [0.15, 0.2) is 12.2 Å². The lowest BCUT2D eigenvalue weighted by Crippen LogP contribution is -2.25. The largest absolute Gasteiger partial charge is 0.507 e. The third kappa shape index (κ3) is 37.8. The molecule has 7 aromatic rings. The first-order valence-corrected chi connectivity index (χ1v) is 39.8. The number of hydrogen-bond acceptors (Lipinski definition) is 17. The lowest BCUT2D eigenvalue weighted by Gasteiger charge is -2.17. The first kappa shape index (κ1) is 105. The zero-order valence-electron chi connectivity index (χ0n) is 68.8. The van der Waals surface area contributed by atoms with Gasteiger partial charge >= 0.3 is 29.8 Å². The zero-order chi connectivity index (χ0) is 91.8. The number of carboxylic acid groups (broad SMARTS) is 2. The van der Waals surface area contributed by atoms with Crippen LogP contribution in [0.2, 0.25) is 0 Å². The second-order valence-electron chi connectivity index (χ2n) is 29.6. The highest BCUT2D eigenvalue weighted by atomic mass is 36.0. The van der Waals surface area contributed by atoms with Crippen molar-refractivity contribution >= 4 is 89.7 Å². The molecule has 10 rings (SSSR count). The molecule has 31 heteroatoms. The van der Waals surface area contributed by atoms with E-state index in [1.165, 1.54) is 48.5 Å². The van der Waals surface area contributed by atoms with Crippen molar-refractivity contribution in [3.05, 3.63) is 283 Å². The quantitative estimate of drug-likeness (QED) is 0.00786. The molecule has 0 spiro atoms. The van der Waals surface area contributed by atoms with E-state index in [9.17, 15) is 64.9 Å². The molecule has 0 radical (unpaired) electrons. The van der Waals surface area contributed by atoms with Crippen LogP contribution in [0, 0.1) is 47.3 Å². The van der Waals surface area contributed by atoms with Gasteiger partial charge in [0.05, 0.1) is 12.5 Å². The van der Waals surface area contributed by atoms with Crippen LogP contribution >= 0.6 is 44.6 Å². The molecule has 0 bridgehead atoms. The number of aliphatic hydroxyl groups excluding tert-OH is 1. The van der Waals surface area contributed by atoms with E-state index in [0.29, 0.717) is 63.6 Å². The van der Waals surface area contributed by atoms with Crippen LogP contribution in [-0.2, 0) is 61.6 Å². The third-order valence-corrected chi connectivity index (χ3v) is 15.8. The minimum atomic E-state index is -1.67. The van der Waals surface area contributed by atoms with Gasteiger partial charge in [-0.15, -0.1) is 23.2 Å². The van der Waals surface area contributed by atoms with E-state index in [-0.39, 0.29) is 113 Å². The summed E-state index contributed by atoms with van der Waals surface area (Å²) in [6.07, 6.45) is 3.83. The number of carbonyl (C=O) groups is 5. The Hall–Kier alpha value is -10.6. The van der Waals surface area contributed by atoms with Gasteiger partial charge in [0.2, 0.25) is 15.8 Å². The van der Waals surface area contributed by atoms with Crippen molar-refractivity contribution in [1.82, 2.24) is 0 Å². The Morgan fingerprint density at radius 1 is 0.475 bits per heavy atom. The van der Waals surface area contributed by atoms with E-state index in [1.54, 1.807) is 40.7 Å². The maximum absolute atomic E-state index is 13.5. The van der Waals surface area contributed by atoms with Crippen molar-refractivity contribution in [3.63, 3.8) is 0 Å². The Morgan fingerprint density at radius 2 is 0.833 bits per heavy atom. The van der Waals surface area contributed by atoms with Crippen LogP contribution in [0.4, 0.5) is 30.7 Å². The third-order valence-electron chi connectivity index (χ3n) is 15.1. The lowest BCUT2D eigenvalue weighted by atomic mass is 10.0. The number of halogens is 11. The predicted molar refractivity (Wildman–Crippen MR) is 452 cm³/mol. The average molecular weight is 1780 g/mol. The Kier molecular flexibility index (Phi) is 43.2. The lowest BCUT2D eigenvalue weighted by molar-refractivity contribution is 0.0526. The van der Waals surface area contributed by atoms with E-state index in [1.807, 2.05) is 62.3 Å². The summed E-state index contributed by atoms with van der Waals surface area (Å²) in [5.74, 6) is -6.38. The smallest absolute Gasteiger partial charge is 0.342 e. The molecule has 0 aromatic heterocycles. The summed E-state index contributed by atoms with van der Waals surface area (Å²) in [7, 11) is 7.36. The minimum Gasteiger partial charge on any atom is -0.507 e. The van der Waals surface area contributed by atoms with Gasteiger partial charge in [0.25, 0.3) is 0 Å². The number of hydrogen-bond donors (Lipinski definition) is 6. The summed E-state index contributed by atoms with van der Waals surface area (Å²) in [5, 5.41) is 55.1. The van der Waals surface area contributed by atoms with Crippen LogP contribution in [0.1, 0.15) is 188 Å². The van der Waals surface area contributed by atoms with Gasteiger partial charge in [-0.25, -0.2) is 58.9 Å². The standard InChI is InChI=1S/C15H17FO3.C15H15FO3.C15H17FO3.C11H12ClFO.C11H11FO3.C11H13FO2.C7H5FO3.C4H7Cl.Cl2OS/c2*1-9(2)5-11-6-12(16)7-13(14(11)17)15(18)19-8-10(3)4;1-10(2)8-18-14-6-5-12(16)7-13(14)15(17)19-9-11(3)4;1-11(2)5-7-3-9(13)4-8(6-12)10(7)14-11;1-11(2)5-6-3-7(12)4-8(10(13)14)9(6)15-11;1-11(2)5-7-3-9(12)4-8(6-13)10(7)14-11;8-4-1-2-6(9)5(3-4)7(10)11;1-4(2)3-5;1-4(2)3/h5-7,17H,3,8H2,1-2,4H3;3,6-7H,1,5,8H2,2,4H3;5-7H,1,3,8-9H2,2,4H3;3-4H,5-6H2,1-2H3;3-4H,5H2,1-2H3,(H,13,14);3-4,13H,5-6H2,1-2H3;1-3,9H,(H,10,11);1,3H2,2H3;/p+1. The van der Waals surface area contributed by atoms with Crippen molar-refractivity contribution in [2.45, 2.75) is 152 Å². The number of phenols is 3. The number of ether oxygens (including phenoxy) is 7. The highest BCUT2D eigenvalue weighted by Crippen LogP contribution is 2.42. The van der Waals surface area contributed by atoms with Crippen LogP contribution in [0.25, 0.3) is 6.08 Å². The fourth-order valence-electron chi connectivity index (χ4n) is 10.5. The van der Waals surface area contributed by atoms with Gasteiger partial charge in [-0.05, 0) is 210 Å². The van der Waals surface area contributed by atoms with E-state index in [4.69, 9.17) is 87.6 Å². The maximum atomic E-state index is 13.5. The van der Waals surface area contributed by atoms with Gasteiger partial charge < -0.3 is 63.8 Å². The summed E-state index contributed by atoms with van der Waals surface area (Å²) in [6.45, 7) is 49.3. The Morgan fingerprint density at radius 3 is 1.24 bits per heavy atom. The van der Waals surface area contributed by atoms with Gasteiger partial charge in [0.1, 0.15) is 145 Å². The number of rotatable bonds is 20. The number of aromatic carboxylic acids is 2. The number of carboxylic acids is 2. The minimum absolute atomic E-state index is 0.0345. The molecule has 0 atom stereocenters. The molecule has 3 aliphatic heterocycles. The molecule has 0 amide bonds. The molecule has 7 aromatic carbocycles. The van der Waals surface area contributed by atoms with Crippen molar-refractivity contribution in [2.24, 2.45) is 0 Å². The second-order valence-corrected chi connectivity index (χ2v) is 32.6. The van der Waals surface area contributed by atoms with Gasteiger partial charge in [-0.2, -0.15) is 0 Å². The van der Waals surface area contributed by atoms with E-state index >= 15 is 0 Å². The van der Waals surface area contributed by atoms with Crippen LogP contribution in [0.15, 0.2) is 169 Å². The molecule has 0 unspecified atom stereocenters. The fourth-order valence-corrected chi connectivity index (χ4v) is 10.7. The molecular formula is C89H98Cl4F7O19S+. The van der Waals surface area contributed by atoms with Crippen LogP contribution < -0.4 is 18.9 Å². The van der Waals surface area contributed by atoms with Gasteiger partial charge in [0, 0.05) is 92.4 Å². The van der Waals surface area contributed by atoms with E-state index < -0.39 is 85.1 Å². The van der Waals surface area contributed by atoms with E-state index in [0.717, 1.165) is 99.7 Å². The number of aromatic hydroxyl groups is 3. The summed E-state index contributed by atoms with van der Waals surface area (Å²) >= 11 is 11.0.